The molecule has 0 aromatic rings. The summed E-state index contributed by atoms with van der Waals surface area (Å²) in [6.07, 6.45) is 10.3. The Hall–Kier alpha value is -2.19. The van der Waals surface area contributed by atoms with Gasteiger partial charge in [0.25, 0.3) is 0 Å². The van der Waals surface area contributed by atoms with E-state index < -0.39 is 34.6 Å². The summed E-state index contributed by atoms with van der Waals surface area (Å²) in [5.41, 5.74) is -2.67. The van der Waals surface area contributed by atoms with Crippen molar-refractivity contribution in [2.45, 2.75) is 96.9 Å². The number of amides is 3. The largest absolute Gasteiger partial charge is 0.396 e. The van der Waals surface area contributed by atoms with Gasteiger partial charge in [0.1, 0.15) is 11.6 Å². The molecule has 1 spiro atoms. The van der Waals surface area contributed by atoms with Gasteiger partial charge in [-0.3, -0.25) is 14.4 Å². The van der Waals surface area contributed by atoms with Gasteiger partial charge in [-0.1, -0.05) is 58.9 Å². The minimum Gasteiger partial charge on any atom is -0.396 e. The molecule has 5 atom stereocenters. The van der Waals surface area contributed by atoms with Crippen LogP contribution in [0.2, 0.25) is 0 Å². The lowest BCUT2D eigenvalue weighted by atomic mass is 9.72. The maximum Gasteiger partial charge on any atom is 0.249 e. The fraction of sp³-hybridized carbons (Fsp3) is 0.767. The van der Waals surface area contributed by atoms with Crippen molar-refractivity contribution >= 4 is 17.7 Å². The lowest BCUT2D eigenvalue weighted by Crippen LogP contribution is -2.60. The maximum atomic E-state index is 14.6. The summed E-state index contributed by atoms with van der Waals surface area (Å²) in [6.45, 7) is 16.3. The molecule has 0 aromatic carbocycles. The van der Waals surface area contributed by atoms with Crippen molar-refractivity contribution in [1.82, 2.24) is 14.7 Å². The van der Waals surface area contributed by atoms with E-state index in [1.54, 1.807) is 4.90 Å². The molecule has 8 nitrogen and oxygen atoms in total. The molecule has 38 heavy (non-hydrogen) atoms. The van der Waals surface area contributed by atoms with E-state index in [0.717, 1.165) is 12.8 Å². The van der Waals surface area contributed by atoms with Gasteiger partial charge in [0.2, 0.25) is 17.7 Å². The minimum atomic E-state index is -1.24. The molecule has 2 saturated heterocycles. The van der Waals surface area contributed by atoms with E-state index >= 15 is 0 Å². The molecule has 0 aliphatic carbocycles. The number of aliphatic hydroxyl groups is 1. The molecule has 4 aliphatic rings. The van der Waals surface area contributed by atoms with Crippen LogP contribution in [-0.2, 0) is 19.1 Å². The Kier molecular flexibility index (Phi) is 7.65. The molecule has 0 aromatic heterocycles. The molecule has 0 radical (unpaired) electrons. The minimum absolute atomic E-state index is 0.00857. The predicted molar refractivity (Wildman–Crippen MR) is 146 cm³/mol. The number of hydrogen-bond donors (Lipinski definition) is 1. The third kappa shape index (κ3) is 4.51. The normalized spacial score (nSPS) is 33.4. The van der Waals surface area contributed by atoms with Crippen LogP contribution in [0.1, 0.15) is 74.1 Å². The van der Waals surface area contributed by atoms with Crippen LogP contribution in [0.25, 0.3) is 0 Å². The van der Waals surface area contributed by atoms with E-state index in [4.69, 9.17) is 4.74 Å². The third-order valence-corrected chi connectivity index (χ3v) is 8.77. The molecule has 0 bridgehead atoms. The topological polar surface area (TPSA) is 90.4 Å². The number of nitrogens with zero attached hydrogens (tertiary/aromatic N) is 3. The molecule has 4 rings (SSSR count). The number of hydrogen-bond acceptors (Lipinski definition) is 5. The Balaban J connectivity index is 1.85. The molecule has 8 heteroatoms. The molecule has 1 unspecified atom stereocenters. The lowest BCUT2D eigenvalue weighted by Gasteiger charge is -2.45. The van der Waals surface area contributed by atoms with E-state index in [1.807, 2.05) is 48.0 Å². The SMILES string of the molecule is CCCN1CC=C[C@@]2(CC)O[C@]34C=CCN(C(C)(C)CC(C)(C)C)C(=O)C3N(CCCO)C(=O)[C@@H]4[C@H]2C1=O. The van der Waals surface area contributed by atoms with Crippen molar-refractivity contribution in [2.75, 3.05) is 32.8 Å². The van der Waals surface area contributed by atoms with Crippen molar-refractivity contribution in [2.24, 2.45) is 17.3 Å². The van der Waals surface area contributed by atoms with Crippen LogP contribution < -0.4 is 0 Å². The van der Waals surface area contributed by atoms with Gasteiger partial charge in [0.15, 0.2) is 0 Å². The molecular formula is C30H47N3O5. The van der Waals surface area contributed by atoms with Crippen molar-refractivity contribution < 1.29 is 24.2 Å². The highest BCUT2D eigenvalue weighted by molar-refractivity contribution is 6.00. The monoisotopic (exact) mass is 529 g/mol. The molecular weight excluding hydrogens is 482 g/mol. The second kappa shape index (κ2) is 10.1. The van der Waals surface area contributed by atoms with E-state index in [0.29, 0.717) is 32.5 Å². The second-order valence-corrected chi connectivity index (χ2v) is 13.3. The third-order valence-electron chi connectivity index (χ3n) is 8.77. The Morgan fingerprint density at radius 1 is 0.947 bits per heavy atom. The number of carbonyl (C=O) groups excluding carboxylic acids is 3. The van der Waals surface area contributed by atoms with Gasteiger partial charge in [-0.25, -0.2) is 0 Å². The van der Waals surface area contributed by atoms with E-state index in [9.17, 15) is 19.5 Å². The summed E-state index contributed by atoms with van der Waals surface area (Å²) in [4.78, 5) is 48.3. The van der Waals surface area contributed by atoms with Crippen molar-refractivity contribution in [3.63, 3.8) is 0 Å². The van der Waals surface area contributed by atoms with Crippen molar-refractivity contribution in [3.05, 3.63) is 24.3 Å². The van der Waals surface area contributed by atoms with Gasteiger partial charge >= 0.3 is 0 Å². The quantitative estimate of drug-likeness (QED) is 0.488. The number of fused-ring (bicyclic) bond motifs is 2. The number of carbonyl (C=O) groups is 3. The van der Waals surface area contributed by atoms with Gasteiger partial charge in [0, 0.05) is 38.3 Å². The zero-order valence-electron chi connectivity index (χ0n) is 24.3. The molecule has 2 fully saturated rings. The van der Waals surface area contributed by atoms with Gasteiger partial charge in [-0.05, 0) is 44.9 Å². The number of ether oxygens (including phenoxy) is 1. The van der Waals surface area contributed by atoms with Crippen LogP contribution in [0.5, 0.6) is 0 Å². The molecule has 0 saturated carbocycles. The maximum absolute atomic E-state index is 14.6. The molecule has 4 aliphatic heterocycles. The first-order chi connectivity index (χ1) is 17.8. The van der Waals surface area contributed by atoms with Gasteiger partial charge in [0.05, 0.1) is 17.4 Å². The highest BCUT2D eigenvalue weighted by atomic mass is 16.5. The zero-order valence-corrected chi connectivity index (χ0v) is 24.3. The summed E-state index contributed by atoms with van der Waals surface area (Å²) < 4.78 is 6.99. The van der Waals surface area contributed by atoms with Crippen LogP contribution in [0, 0.1) is 17.3 Å². The van der Waals surface area contributed by atoms with Crippen LogP contribution >= 0.6 is 0 Å². The first-order valence-corrected chi connectivity index (χ1v) is 14.4. The van der Waals surface area contributed by atoms with Gasteiger partial charge in [-0.2, -0.15) is 0 Å². The summed E-state index contributed by atoms with van der Waals surface area (Å²) in [7, 11) is 0. The Bertz CT molecular complexity index is 1010. The summed E-state index contributed by atoms with van der Waals surface area (Å²) >= 11 is 0. The van der Waals surface area contributed by atoms with Crippen molar-refractivity contribution in [3.8, 4) is 0 Å². The average Bonchev–Trinajstić information content (AvgIpc) is 3.10. The second-order valence-electron chi connectivity index (χ2n) is 13.3. The van der Waals surface area contributed by atoms with Crippen LogP contribution in [0.3, 0.4) is 0 Å². The lowest BCUT2D eigenvalue weighted by molar-refractivity contribution is -0.157. The number of aliphatic hydroxyl groups excluding tert-OH is 1. The first-order valence-electron chi connectivity index (χ1n) is 14.4. The van der Waals surface area contributed by atoms with Crippen LogP contribution in [0.4, 0.5) is 0 Å². The van der Waals surface area contributed by atoms with Crippen molar-refractivity contribution in [1.29, 1.82) is 0 Å². The highest BCUT2D eigenvalue weighted by Gasteiger charge is 2.75. The zero-order chi connectivity index (χ0) is 28.1. The summed E-state index contributed by atoms with van der Waals surface area (Å²) in [5.74, 6) is -1.96. The summed E-state index contributed by atoms with van der Waals surface area (Å²) in [5, 5.41) is 9.63. The molecule has 212 valence electrons. The Morgan fingerprint density at radius 3 is 2.24 bits per heavy atom. The van der Waals surface area contributed by atoms with E-state index in [-0.39, 0.29) is 36.3 Å². The highest BCUT2D eigenvalue weighted by Crippen LogP contribution is 2.58. The van der Waals surface area contributed by atoms with Crippen LogP contribution in [-0.4, -0.2) is 93.1 Å². The number of likely N-dealkylation sites (tertiary alicyclic amines) is 1. The Morgan fingerprint density at radius 2 is 1.63 bits per heavy atom. The average molecular weight is 530 g/mol. The Labute approximate surface area is 228 Å². The molecule has 1 N–H and O–H groups in total. The number of rotatable bonds is 8. The van der Waals surface area contributed by atoms with E-state index in [1.165, 1.54) is 0 Å². The predicted octanol–water partition coefficient (Wildman–Crippen LogP) is 3.15. The standard InChI is InChI=1S/C30H47N3O5/c1-8-15-31-16-10-13-29(9-2)21(24(31)35)22-25(36)32(17-12-19-34)23-26(37)33(18-11-14-30(22,23)38-29)28(6,7)20-27(3,4)5/h10-11,13-14,21-23,34H,8-9,12,15-20H2,1-7H3/t21-,22-,23?,29+,30-/m0/s1. The molecule has 3 amide bonds. The van der Waals surface area contributed by atoms with E-state index in [2.05, 4.69) is 34.6 Å². The smallest absolute Gasteiger partial charge is 0.249 e. The van der Waals surface area contributed by atoms with Crippen LogP contribution in [0.15, 0.2) is 24.3 Å². The van der Waals surface area contributed by atoms with Gasteiger partial charge in [-0.15, -0.1) is 0 Å². The fourth-order valence-corrected chi connectivity index (χ4v) is 7.70. The first kappa shape index (κ1) is 28.8. The molecule has 4 heterocycles. The summed E-state index contributed by atoms with van der Waals surface area (Å²) in [6, 6.07) is -0.888. The fourth-order valence-electron chi connectivity index (χ4n) is 7.70. The van der Waals surface area contributed by atoms with Gasteiger partial charge < -0.3 is 24.5 Å².